The summed E-state index contributed by atoms with van der Waals surface area (Å²) in [6, 6.07) is 20.6. The summed E-state index contributed by atoms with van der Waals surface area (Å²) in [4.78, 5) is 28.5. The second kappa shape index (κ2) is 10.3. The van der Waals surface area contributed by atoms with Gasteiger partial charge < -0.3 is 15.8 Å². The number of rotatable bonds is 9. The molecule has 0 unspecified atom stereocenters. The molecule has 148 valence electrons. The highest BCUT2D eigenvalue weighted by molar-refractivity contribution is 8.00. The van der Waals surface area contributed by atoms with Crippen molar-refractivity contribution in [2.45, 2.75) is 18.0 Å². The number of primary amides is 1. The summed E-state index contributed by atoms with van der Waals surface area (Å²) in [6.07, 6.45) is 1.65. The van der Waals surface area contributed by atoms with Gasteiger partial charge in [0.1, 0.15) is 6.61 Å². The third kappa shape index (κ3) is 6.36. The zero-order chi connectivity index (χ0) is 20.5. The predicted octanol–water partition coefficient (Wildman–Crippen LogP) is 3.17. The number of carbonyl (C=O) groups is 2. The van der Waals surface area contributed by atoms with Crippen molar-refractivity contribution in [3.8, 4) is 5.88 Å². The van der Waals surface area contributed by atoms with Gasteiger partial charge in [0.2, 0.25) is 11.8 Å². The van der Waals surface area contributed by atoms with Crippen LogP contribution in [-0.2, 0) is 17.9 Å². The lowest BCUT2D eigenvalue weighted by Crippen LogP contribution is -2.23. The summed E-state index contributed by atoms with van der Waals surface area (Å²) in [7, 11) is 0. The Bertz CT molecular complexity index is 980. The maximum absolute atomic E-state index is 12.6. The molecule has 2 aromatic carbocycles. The Morgan fingerprint density at radius 2 is 1.76 bits per heavy atom. The number of hydrogen-bond donors (Lipinski definition) is 2. The first-order chi connectivity index (χ1) is 14.1. The van der Waals surface area contributed by atoms with E-state index in [0.717, 1.165) is 11.1 Å². The maximum atomic E-state index is 12.6. The van der Waals surface area contributed by atoms with Crippen molar-refractivity contribution >= 4 is 23.6 Å². The predicted molar refractivity (Wildman–Crippen MR) is 113 cm³/mol. The number of hydrogen-bond acceptors (Lipinski definition) is 5. The molecular formula is C22H21N3O3S. The topological polar surface area (TPSA) is 94.3 Å². The molecule has 0 saturated heterocycles. The molecule has 0 bridgehead atoms. The molecule has 0 spiro atoms. The number of nitrogens with one attached hydrogen (secondary N) is 1. The summed E-state index contributed by atoms with van der Waals surface area (Å²) in [5, 5.41) is 2.89. The molecule has 1 aromatic heterocycles. The fourth-order valence-electron chi connectivity index (χ4n) is 2.58. The van der Waals surface area contributed by atoms with Crippen LogP contribution in [0.15, 0.2) is 77.8 Å². The van der Waals surface area contributed by atoms with Crippen molar-refractivity contribution in [3.05, 3.63) is 89.6 Å². The van der Waals surface area contributed by atoms with Crippen molar-refractivity contribution in [3.63, 3.8) is 0 Å². The van der Waals surface area contributed by atoms with E-state index in [1.54, 1.807) is 30.5 Å². The van der Waals surface area contributed by atoms with E-state index in [4.69, 9.17) is 10.5 Å². The molecule has 0 aliphatic heterocycles. The number of nitrogens with two attached hydrogens (primary N) is 1. The van der Waals surface area contributed by atoms with Crippen LogP contribution >= 0.6 is 11.8 Å². The normalized spacial score (nSPS) is 10.3. The zero-order valence-corrected chi connectivity index (χ0v) is 16.5. The Hall–Kier alpha value is -3.32. The van der Waals surface area contributed by atoms with Crippen LogP contribution in [0.2, 0.25) is 0 Å². The first-order valence-electron chi connectivity index (χ1n) is 9.02. The lowest BCUT2D eigenvalue weighted by molar-refractivity contribution is -0.115. The van der Waals surface area contributed by atoms with Crippen LogP contribution in [0.4, 0.5) is 0 Å². The van der Waals surface area contributed by atoms with E-state index in [9.17, 15) is 9.59 Å². The molecule has 0 saturated carbocycles. The summed E-state index contributed by atoms with van der Waals surface area (Å²) < 4.78 is 5.73. The molecule has 0 radical (unpaired) electrons. The van der Waals surface area contributed by atoms with E-state index < -0.39 is 5.91 Å². The Kier molecular flexibility index (Phi) is 7.24. The molecule has 0 atom stereocenters. The minimum atomic E-state index is -0.426. The highest BCUT2D eigenvalue weighted by atomic mass is 32.2. The van der Waals surface area contributed by atoms with E-state index in [1.165, 1.54) is 11.8 Å². The van der Waals surface area contributed by atoms with Gasteiger partial charge in [0.05, 0.1) is 11.3 Å². The average Bonchev–Trinajstić information content (AvgIpc) is 2.76. The first kappa shape index (κ1) is 20.4. The molecule has 6 nitrogen and oxygen atoms in total. The van der Waals surface area contributed by atoms with Crippen LogP contribution < -0.4 is 15.8 Å². The molecule has 2 amide bonds. The quantitative estimate of drug-likeness (QED) is 0.532. The monoisotopic (exact) mass is 407 g/mol. The van der Waals surface area contributed by atoms with Gasteiger partial charge in [0, 0.05) is 23.7 Å². The number of benzene rings is 2. The number of amides is 2. The lowest BCUT2D eigenvalue weighted by Gasteiger charge is -2.10. The highest BCUT2D eigenvalue weighted by Crippen LogP contribution is 2.22. The van der Waals surface area contributed by atoms with E-state index in [-0.39, 0.29) is 11.7 Å². The molecular weight excluding hydrogens is 386 g/mol. The van der Waals surface area contributed by atoms with Gasteiger partial charge in [0.15, 0.2) is 0 Å². The Morgan fingerprint density at radius 1 is 1.00 bits per heavy atom. The van der Waals surface area contributed by atoms with Gasteiger partial charge in [-0.3, -0.25) is 9.59 Å². The third-order valence-electron chi connectivity index (χ3n) is 3.98. The molecule has 0 fully saturated rings. The first-order valence-corrected chi connectivity index (χ1v) is 10.0. The molecule has 29 heavy (non-hydrogen) atoms. The molecule has 0 aliphatic rings. The van der Waals surface area contributed by atoms with Gasteiger partial charge in [-0.2, -0.15) is 0 Å². The minimum Gasteiger partial charge on any atom is -0.473 e. The van der Waals surface area contributed by atoms with Crippen molar-refractivity contribution in [2.24, 2.45) is 5.73 Å². The fraction of sp³-hybridized carbons (Fsp3) is 0.136. The molecule has 1 heterocycles. The molecule has 3 rings (SSSR count). The van der Waals surface area contributed by atoms with E-state index >= 15 is 0 Å². The Morgan fingerprint density at radius 3 is 2.55 bits per heavy atom. The average molecular weight is 407 g/mol. The van der Waals surface area contributed by atoms with Gasteiger partial charge in [-0.25, -0.2) is 4.98 Å². The number of carbonyl (C=O) groups excluding carboxylic acids is 2. The molecule has 7 heteroatoms. The summed E-state index contributed by atoms with van der Waals surface area (Å²) in [6.45, 7) is 0.756. The van der Waals surface area contributed by atoms with E-state index in [2.05, 4.69) is 10.3 Å². The zero-order valence-electron chi connectivity index (χ0n) is 15.7. The lowest BCUT2D eigenvalue weighted by atomic mass is 10.2. The SMILES string of the molecule is NC(=O)CSc1ccccc1C(=O)NCc1ccnc(OCc2ccccc2)c1. The summed E-state index contributed by atoms with van der Waals surface area (Å²) in [5.41, 5.74) is 7.63. The van der Waals surface area contributed by atoms with Gasteiger partial charge in [-0.15, -0.1) is 11.8 Å². The number of nitrogens with zero attached hydrogens (tertiary/aromatic N) is 1. The second-order valence-corrected chi connectivity index (χ2v) is 7.23. The smallest absolute Gasteiger partial charge is 0.252 e. The van der Waals surface area contributed by atoms with Gasteiger partial charge in [-0.05, 0) is 29.3 Å². The van der Waals surface area contributed by atoms with Crippen molar-refractivity contribution < 1.29 is 14.3 Å². The minimum absolute atomic E-state index is 0.122. The van der Waals surface area contributed by atoms with Gasteiger partial charge in [0.25, 0.3) is 5.91 Å². The highest BCUT2D eigenvalue weighted by Gasteiger charge is 2.12. The molecule has 3 aromatic rings. The van der Waals surface area contributed by atoms with Crippen LogP contribution in [0.3, 0.4) is 0 Å². The number of thioether (sulfide) groups is 1. The fourth-order valence-corrected chi connectivity index (χ4v) is 3.37. The van der Waals surface area contributed by atoms with Crippen LogP contribution in [-0.4, -0.2) is 22.6 Å². The summed E-state index contributed by atoms with van der Waals surface area (Å²) in [5.74, 6) is -0.0271. The second-order valence-electron chi connectivity index (χ2n) is 6.21. The number of aromatic nitrogens is 1. The van der Waals surface area contributed by atoms with Crippen molar-refractivity contribution in [2.75, 3.05) is 5.75 Å². The van der Waals surface area contributed by atoms with Crippen LogP contribution in [0.5, 0.6) is 5.88 Å². The van der Waals surface area contributed by atoms with Crippen molar-refractivity contribution in [1.82, 2.24) is 10.3 Å². The third-order valence-corrected chi connectivity index (χ3v) is 5.08. The molecule has 3 N–H and O–H groups in total. The largest absolute Gasteiger partial charge is 0.473 e. The van der Waals surface area contributed by atoms with Gasteiger partial charge in [-0.1, -0.05) is 42.5 Å². The number of ether oxygens (including phenoxy) is 1. The van der Waals surface area contributed by atoms with E-state index in [0.29, 0.717) is 29.5 Å². The van der Waals surface area contributed by atoms with E-state index in [1.807, 2.05) is 42.5 Å². The Balaban J connectivity index is 1.59. The number of pyridine rings is 1. The van der Waals surface area contributed by atoms with Crippen molar-refractivity contribution in [1.29, 1.82) is 0 Å². The van der Waals surface area contributed by atoms with Crippen LogP contribution in [0.25, 0.3) is 0 Å². The summed E-state index contributed by atoms with van der Waals surface area (Å²) >= 11 is 1.25. The maximum Gasteiger partial charge on any atom is 0.252 e. The van der Waals surface area contributed by atoms with Crippen LogP contribution in [0.1, 0.15) is 21.5 Å². The molecule has 0 aliphatic carbocycles. The van der Waals surface area contributed by atoms with Crippen LogP contribution in [0, 0.1) is 0 Å². The standard InChI is InChI=1S/C22H21N3O3S/c23-20(26)15-29-19-9-5-4-8-18(19)22(27)25-13-17-10-11-24-21(12-17)28-14-16-6-2-1-3-7-16/h1-12H,13-15H2,(H2,23,26)(H,25,27). The van der Waals surface area contributed by atoms with Gasteiger partial charge >= 0.3 is 0 Å². The Labute approximate surface area is 173 Å².